The second-order valence-electron chi connectivity index (χ2n) is 3.58. The van der Waals surface area contributed by atoms with Crippen LogP contribution in [-0.4, -0.2) is 11.5 Å². The Morgan fingerprint density at radius 1 is 1.33 bits per heavy atom. The molecule has 0 radical (unpaired) electrons. The zero-order valence-corrected chi connectivity index (χ0v) is 8.77. The van der Waals surface area contributed by atoms with E-state index in [9.17, 15) is 0 Å². The molecular weight excluding hydrogens is 184 g/mol. The van der Waals surface area contributed by atoms with Crippen LogP contribution in [0.15, 0.2) is 36.7 Å². The van der Waals surface area contributed by atoms with E-state index >= 15 is 0 Å². The number of nitrogens with two attached hydrogens (primary N) is 1. The first-order valence-electron chi connectivity index (χ1n) is 5.02. The molecule has 15 heavy (non-hydrogen) atoms. The van der Waals surface area contributed by atoms with Gasteiger partial charge in [-0.2, -0.15) is 0 Å². The molecule has 1 aromatic heterocycles. The second-order valence-corrected chi connectivity index (χ2v) is 3.58. The zero-order chi connectivity index (χ0) is 10.7. The lowest BCUT2D eigenvalue weighted by Gasteiger charge is -2.02. The van der Waals surface area contributed by atoms with Gasteiger partial charge in [0.15, 0.2) is 0 Å². The number of aromatic nitrogens is 1. The van der Waals surface area contributed by atoms with E-state index in [1.54, 1.807) is 0 Å². The van der Waals surface area contributed by atoms with Crippen LogP contribution in [0.4, 0.5) is 0 Å². The molecule has 0 aliphatic rings. The average molecular weight is 198 g/mol. The predicted octanol–water partition coefficient (Wildman–Crippen LogP) is 2.52. The summed E-state index contributed by atoms with van der Waals surface area (Å²) in [5, 5.41) is 2.43. The third-order valence-electron chi connectivity index (χ3n) is 2.43. The van der Waals surface area contributed by atoms with Gasteiger partial charge in [0.25, 0.3) is 0 Å². The number of benzene rings is 1. The summed E-state index contributed by atoms with van der Waals surface area (Å²) in [5.74, 6) is 0. The van der Waals surface area contributed by atoms with Gasteiger partial charge in [-0.1, -0.05) is 24.3 Å². The highest BCUT2D eigenvalue weighted by Gasteiger charge is 1.97. The lowest BCUT2D eigenvalue weighted by Crippen LogP contribution is -1.91. The quantitative estimate of drug-likeness (QED) is 0.805. The molecular formula is C13H14N2. The van der Waals surface area contributed by atoms with Crippen LogP contribution in [0.2, 0.25) is 0 Å². The second kappa shape index (κ2) is 4.24. The van der Waals surface area contributed by atoms with Crippen LogP contribution in [-0.2, 0) is 0 Å². The number of aryl methyl sites for hydroxylation is 1. The van der Waals surface area contributed by atoms with Crippen LogP contribution in [0.5, 0.6) is 0 Å². The van der Waals surface area contributed by atoms with Crippen LogP contribution < -0.4 is 5.73 Å². The Morgan fingerprint density at radius 2 is 2.20 bits per heavy atom. The molecule has 2 N–H and O–H groups in total. The minimum Gasteiger partial charge on any atom is -0.327 e. The van der Waals surface area contributed by atoms with E-state index in [0.29, 0.717) is 6.54 Å². The van der Waals surface area contributed by atoms with Crippen molar-refractivity contribution in [2.24, 2.45) is 5.73 Å². The van der Waals surface area contributed by atoms with Crippen LogP contribution in [0, 0.1) is 6.92 Å². The van der Waals surface area contributed by atoms with Gasteiger partial charge in [0, 0.05) is 24.3 Å². The highest BCUT2D eigenvalue weighted by molar-refractivity contribution is 5.86. The summed E-state index contributed by atoms with van der Waals surface area (Å²) in [6.45, 7) is 2.65. The lowest BCUT2D eigenvalue weighted by atomic mass is 10.1. The molecule has 0 spiro atoms. The summed E-state index contributed by atoms with van der Waals surface area (Å²) in [4.78, 5) is 4.19. The fraction of sp³-hybridized carbons (Fsp3) is 0.154. The van der Waals surface area contributed by atoms with Crippen LogP contribution in [0.1, 0.15) is 11.1 Å². The van der Waals surface area contributed by atoms with Crippen molar-refractivity contribution in [2.45, 2.75) is 6.92 Å². The van der Waals surface area contributed by atoms with Crippen LogP contribution >= 0.6 is 0 Å². The van der Waals surface area contributed by atoms with Gasteiger partial charge < -0.3 is 5.73 Å². The van der Waals surface area contributed by atoms with E-state index in [4.69, 9.17) is 5.73 Å². The minimum atomic E-state index is 0.574. The molecule has 2 aromatic rings. The Hall–Kier alpha value is -1.67. The Morgan fingerprint density at radius 3 is 3.00 bits per heavy atom. The normalized spacial score (nSPS) is 11.3. The van der Waals surface area contributed by atoms with Gasteiger partial charge in [-0.15, -0.1) is 0 Å². The van der Waals surface area contributed by atoms with Crippen molar-refractivity contribution in [2.75, 3.05) is 6.54 Å². The van der Waals surface area contributed by atoms with Crippen molar-refractivity contribution in [3.05, 3.63) is 47.8 Å². The van der Waals surface area contributed by atoms with Crippen molar-refractivity contribution >= 4 is 16.8 Å². The fourth-order valence-electron chi connectivity index (χ4n) is 1.65. The maximum absolute atomic E-state index is 5.41. The van der Waals surface area contributed by atoms with Gasteiger partial charge in [0.2, 0.25) is 0 Å². The SMILES string of the molecule is Cc1cncc2cc(/C=C/CN)ccc12. The number of rotatable bonds is 2. The molecule has 0 saturated carbocycles. The van der Waals surface area contributed by atoms with Gasteiger partial charge in [-0.05, 0) is 29.5 Å². The highest BCUT2D eigenvalue weighted by Crippen LogP contribution is 2.18. The Balaban J connectivity index is 2.52. The molecule has 0 aliphatic carbocycles. The Bertz CT molecular complexity index is 501. The van der Waals surface area contributed by atoms with Crippen molar-refractivity contribution in [3.63, 3.8) is 0 Å². The predicted molar refractivity (Wildman–Crippen MR) is 64.6 cm³/mol. The molecule has 0 fully saturated rings. The number of hydrogen-bond acceptors (Lipinski definition) is 2. The number of fused-ring (bicyclic) bond motifs is 1. The van der Waals surface area contributed by atoms with Crippen molar-refractivity contribution in [1.82, 2.24) is 4.98 Å². The Kier molecular flexibility index (Phi) is 2.79. The first kappa shape index (κ1) is 9.87. The van der Waals surface area contributed by atoms with E-state index < -0.39 is 0 Å². The molecule has 0 aliphatic heterocycles. The largest absolute Gasteiger partial charge is 0.327 e. The van der Waals surface area contributed by atoms with Gasteiger partial charge in [-0.25, -0.2) is 0 Å². The van der Waals surface area contributed by atoms with Crippen molar-refractivity contribution in [1.29, 1.82) is 0 Å². The molecule has 1 aromatic carbocycles. The summed E-state index contributed by atoms with van der Waals surface area (Å²) in [5.41, 5.74) is 7.79. The molecule has 2 heteroatoms. The van der Waals surface area contributed by atoms with E-state index in [0.717, 1.165) is 0 Å². The number of nitrogens with zero attached hydrogens (tertiary/aromatic N) is 1. The maximum Gasteiger partial charge on any atom is 0.0346 e. The van der Waals surface area contributed by atoms with E-state index in [1.807, 2.05) is 24.5 Å². The van der Waals surface area contributed by atoms with Gasteiger partial charge >= 0.3 is 0 Å². The number of hydrogen-bond donors (Lipinski definition) is 1. The minimum absolute atomic E-state index is 0.574. The molecule has 1 heterocycles. The molecule has 0 saturated heterocycles. The topological polar surface area (TPSA) is 38.9 Å². The first-order chi connectivity index (χ1) is 7.31. The average Bonchev–Trinajstić information content (AvgIpc) is 2.26. The molecule has 2 rings (SSSR count). The summed E-state index contributed by atoms with van der Waals surface area (Å²) >= 11 is 0. The first-order valence-corrected chi connectivity index (χ1v) is 5.02. The zero-order valence-electron chi connectivity index (χ0n) is 8.77. The van der Waals surface area contributed by atoms with Crippen LogP contribution in [0.25, 0.3) is 16.8 Å². The van der Waals surface area contributed by atoms with E-state index in [2.05, 4.69) is 30.1 Å². The van der Waals surface area contributed by atoms with Crippen LogP contribution in [0.3, 0.4) is 0 Å². The lowest BCUT2D eigenvalue weighted by molar-refractivity contribution is 1.26. The summed E-state index contributed by atoms with van der Waals surface area (Å²) in [6, 6.07) is 6.35. The molecule has 0 amide bonds. The van der Waals surface area contributed by atoms with Gasteiger partial charge in [0.1, 0.15) is 0 Å². The fourth-order valence-corrected chi connectivity index (χ4v) is 1.65. The van der Waals surface area contributed by atoms with Crippen molar-refractivity contribution in [3.8, 4) is 0 Å². The third-order valence-corrected chi connectivity index (χ3v) is 2.43. The Labute approximate surface area is 89.4 Å². The van der Waals surface area contributed by atoms with E-state index in [1.165, 1.54) is 21.9 Å². The monoisotopic (exact) mass is 198 g/mol. The molecule has 76 valence electrons. The van der Waals surface area contributed by atoms with Crippen molar-refractivity contribution < 1.29 is 0 Å². The smallest absolute Gasteiger partial charge is 0.0346 e. The van der Waals surface area contributed by atoms with Gasteiger partial charge in [0.05, 0.1) is 0 Å². The molecule has 0 unspecified atom stereocenters. The summed E-state index contributed by atoms with van der Waals surface area (Å²) < 4.78 is 0. The summed E-state index contributed by atoms with van der Waals surface area (Å²) in [6.07, 6.45) is 7.76. The van der Waals surface area contributed by atoms with E-state index in [-0.39, 0.29) is 0 Å². The molecule has 0 atom stereocenters. The number of pyridine rings is 1. The summed E-state index contributed by atoms with van der Waals surface area (Å²) in [7, 11) is 0. The third kappa shape index (κ3) is 2.05. The maximum atomic E-state index is 5.41. The highest BCUT2D eigenvalue weighted by atomic mass is 14.6. The standard InChI is InChI=1S/C13H14N2/c1-10-8-15-9-12-7-11(3-2-6-14)4-5-13(10)12/h2-5,7-9H,6,14H2,1H3/b3-2+. The molecule has 2 nitrogen and oxygen atoms in total. The van der Waals surface area contributed by atoms with Gasteiger partial charge in [-0.3, -0.25) is 4.98 Å². The molecule has 0 bridgehead atoms.